The van der Waals surface area contributed by atoms with E-state index in [0.29, 0.717) is 12.2 Å². The minimum absolute atomic E-state index is 0.0259. The molecule has 0 aliphatic carbocycles. The molecule has 2 heterocycles. The molecule has 3 rings (SSSR count). The van der Waals surface area contributed by atoms with Crippen molar-refractivity contribution in [2.45, 2.75) is 13.0 Å². The van der Waals surface area contributed by atoms with Gasteiger partial charge in [0.05, 0.1) is 19.2 Å². The number of rotatable bonds is 7. The number of aliphatic carboxylic acids is 1. The minimum Gasteiger partial charge on any atom is -0.481 e. The number of carboxylic acid groups (broad SMARTS) is 1. The van der Waals surface area contributed by atoms with Crippen molar-refractivity contribution in [1.29, 1.82) is 0 Å². The third-order valence-corrected chi connectivity index (χ3v) is 4.01. The first-order valence-corrected chi connectivity index (χ1v) is 8.26. The molecule has 0 fully saturated rings. The highest BCUT2D eigenvalue weighted by molar-refractivity contribution is 5.76. The molecule has 1 aromatic carbocycles. The van der Waals surface area contributed by atoms with E-state index in [0.717, 1.165) is 16.7 Å². The van der Waals surface area contributed by atoms with Crippen molar-refractivity contribution < 1.29 is 9.90 Å². The van der Waals surface area contributed by atoms with Crippen molar-refractivity contribution in [2.24, 2.45) is 7.05 Å². The van der Waals surface area contributed by atoms with Crippen molar-refractivity contribution in [3.63, 3.8) is 0 Å². The number of pyridine rings is 1. The molecule has 0 bridgehead atoms. The Balaban J connectivity index is 1.87. The Morgan fingerprint density at radius 3 is 2.73 bits per heavy atom. The van der Waals surface area contributed by atoms with Crippen molar-refractivity contribution in [1.82, 2.24) is 14.3 Å². The average molecular weight is 352 g/mol. The molecule has 0 aliphatic heterocycles. The highest BCUT2D eigenvalue weighted by Gasteiger charge is 2.11. The molecule has 0 saturated heterocycles. The van der Waals surface area contributed by atoms with Crippen LogP contribution >= 0.6 is 0 Å². The summed E-state index contributed by atoms with van der Waals surface area (Å²) in [5.41, 5.74) is 3.24. The highest BCUT2D eigenvalue weighted by atomic mass is 16.4. The fourth-order valence-corrected chi connectivity index (χ4v) is 2.67. The molecule has 3 aromatic rings. The van der Waals surface area contributed by atoms with Gasteiger partial charge < -0.3 is 15.0 Å². The zero-order valence-corrected chi connectivity index (χ0v) is 14.4. The van der Waals surface area contributed by atoms with Gasteiger partial charge in [-0.15, -0.1) is 0 Å². The van der Waals surface area contributed by atoms with E-state index < -0.39 is 5.97 Å². The van der Waals surface area contributed by atoms with Crippen LogP contribution in [0, 0.1) is 0 Å². The summed E-state index contributed by atoms with van der Waals surface area (Å²) in [5, 5.41) is 16.2. The van der Waals surface area contributed by atoms with Crippen LogP contribution in [-0.4, -0.2) is 32.0 Å². The van der Waals surface area contributed by atoms with E-state index in [4.69, 9.17) is 5.11 Å². The molecule has 7 heteroatoms. The van der Waals surface area contributed by atoms with E-state index in [1.807, 2.05) is 41.2 Å². The number of carbonyl (C=O) groups is 1. The average Bonchev–Trinajstić information content (AvgIpc) is 3.06. The second kappa shape index (κ2) is 7.69. The largest absolute Gasteiger partial charge is 0.481 e. The van der Waals surface area contributed by atoms with Crippen LogP contribution in [0.4, 0.5) is 5.69 Å². The summed E-state index contributed by atoms with van der Waals surface area (Å²) in [6.07, 6.45) is 5.36. The van der Waals surface area contributed by atoms with Crippen LogP contribution in [0.1, 0.15) is 12.0 Å². The van der Waals surface area contributed by atoms with Gasteiger partial charge >= 0.3 is 5.97 Å². The maximum Gasteiger partial charge on any atom is 0.305 e. The lowest BCUT2D eigenvalue weighted by molar-refractivity contribution is -0.136. The maximum absolute atomic E-state index is 12.0. The van der Waals surface area contributed by atoms with E-state index >= 15 is 0 Å². The number of nitrogens with zero attached hydrogens (tertiary/aromatic N) is 3. The molecule has 134 valence electrons. The fourth-order valence-electron chi connectivity index (χ4n) is 2.67. The maximum atomic E-state index is 12.0. The van der Waals surface area contributed by atoms with Crippen LogP contribution in [0.5, 0.6) is 0 Å². The number of nitrogens with one attached hydrogen (secondary N) is 1. The standard InChI is InChI=1S/C19H20N4O3/c1-22-13-16(17(9-18(22)24)20-8-7-19(25)26)15-10-21-23(12-15)11-14-5-3-2-4-6-14/h2-6,9-10,12-13,20H,7-8,11H2,1H3,(H,25,26). The Hall–Kier alpha value is -3.35. The van der Waals surface area contributed by atoms with Gasteiger partial charge in [0, 0.05) is 48.9 Å². The lowest BCUT2D eigenvalue weighted by Gasteiger charge is -2.11. The second-order valence-corrected chi connectivity index (χ2v) is 6.03. The summed E-state index contributed by atoms with van der Waals surface area (Å²) in [7, 11) is 1.68. The zero-order valence-electron chi connectivity index (χ0n) is 14.4. The number of carboxylic acids is 1. The van der Waals surface area contributed by atoms with Crippen LogP contribution in [0.2, 0.25) is 0 Å². The molecule has 26 heavy (non-hydrogen) atoms. The van der Waals surface area contributed by atoms with E-state index in [2.05, 4.69) is 10.4 Å². The second-order valence-electron chi connectivity index (χ2n) is 6.03. The number of aryl methyl sites for hydroxylation is 1. The first-order valence-electron chi connectivity index (χ1n) is 8.26. The van der Waals surface area contributed by atoms with Gasteiger partial charge in [-0.05, 0) is 5.56 Å². The van der Waals surface area contributed by atoms with Crippen LogP contribution in [0.25, 0.3) is 11.1 Å². The third-order valence-electron chi connectivity index (χ3n) is 4.01. The van der Waals surface area contributed by atoms with Crippen LogP contribution < -0.4 is 10.9 Å². The number of hydrogen-bond acceptors (Lipinski definition) is 4. The number of aromatic nitrogens is 3. The van der Waals surface area contributed by atoms with E-state index in [1.165, 1.54) is 10.6 Å². The molecule has 0 amide bonds. The number of hydrogen-bond donors (Lipinski definition) is 2. The van der Waals surface area contributed by atoms with Gasteiger partial charge in [0.15, 0.2) is 0 Å². The summed E-state index contributed by atoms with van der Waals surface area (Å²) in [6, 6.07) is 11.5. The molecule has 2 N–H and O–H groups in total. The normalized spacial score (nSPS) is 10.7. The lowest BCUT2D eigenvalue weighted by Crippen LogP contribution is -2.18. The summed E-state index contributed by atoms with van der Waals surface area (Å²) in [4.78, 5) is 22.7. The molecule has 2 aromatic heterocycles. The van der Waals surface area contributed by atoms with Crippen LogP contribution in [0.3, 0.4) is 0 Å². The predicted molar refractivity (Wildman–Crippen MR) is 99.2 cm³/mol. The van der Waals surface area contributed by atoms with Gasteiger partial charge in [-0.25, -0.2) is 0 Å². The molecule has 7 nitrogen and oxygen atoms in total. The molecule has 0 unspecified atom stereocenters. The van der Waals surface area contributed by atoms with Crippen molar-refractivity contribution in [3.8, 4) is 11.1 Å². The smallest absolute Gasteiger partial charge is 0.305 e. The molecule has 0 spiro atoms. The van der Waals surface area contributed by atoms with E-state index in [9.17, 15) is 9.59 Å². The SMILES string of the molecule is Cn1cc(-c2cnn(Cc3ccccc3)c2)c(NCCC(=O)O)cc1=O. The molecule has 0 atom stereocenters. The summed E-state index contributed by atoms with van der Waals surface area (Å²) < 4.78 is 3.32. The van der Waals surface area contributed by atoms with Gasteiger partial charge in [-0.1, -0.05) is 30.3 Å². The van der Waals surface area contributed by atoms with Gasteiger partial charge in [-0.3, -0.25) is 14.3 Å². The Bertz CT molecular complexity index is 960. The van der Waals surface area contributed by atoms with Gasteiger partial charge in [0.25, 0.3) is 5.56 Å². The van der Waals surface area contributed by atoms with Crippen molar-refractivity contribution >= 4 is 11.7 Å². The van der Waals surface area contributed by atoms with Gasteiger partial charge in [0.1, 0.15) is 0 Å². The number of anilines is 1. The lowest BCUT2D eigenvalue weighted by atomic mass is 10.1. The Morgan fingerprint density at radius 2 is 2.00 bits per heavy atom. The first kappa shape index (κ1) is 17.5. The molecule has 0 aliphatic rings. The Labute approximate surface area is 150 Å². The summed E-state index contributed by atoms with van der Waals surface area (Å²) in [6.45, 7) is 0.891. The monoisotopic (exact) mass is 352 g/mol. The highest BCUT2D eigenvalue weighted by Crippen LogP contribution is 2.26. The van der Waals surface area contributed by atoms with Gasteiger partial charge in [-0.2, -0.15) is 5.10 Å². The quantitative estimate of drug-likeness (QED) is 0.680. The van der Waals surface area contributed by atoms with Crippen molar-refractivity contribution in [3.05, 3.63) is 70.9 Å². The topological polar surface area (TPSA) is 89.2 Å². The summed E-state index contributed by atoms with van der Waals surface area (Å²) in [5.74, 6) is -0.890. The van der Waals surface area contributed by atoms with Crippen molar-refractivity contribution in [2.75, 3.05) is 11.9 Å². The van der Waals surface area contributed by atoms with Gasteiger partial charge in [0.2, 0.25) is 0 Å². The van der Waals surface area contributed by atoms with E-state index in [-0.39, 0.29) is 18.5 Å². The van der Waals surface area contributed by atoms with Crippen LogP contribution in [-0.2, 0) is 18.4 Å². The third kappa shape index (κ3) is 4.18. The molecule has 0 radical (unpaired) electrons. The summed E-state index contributed by atoms with van der Waals surface area (Å²) >= 11 is 0. The predicted octanol–water partition coefficient (Wildman–Crippen LogP) is 2.18. The zero-order chi connectivity index (χ0) is 18.5. The molecule has 0 saturated carbocycles. The molecular weight excluding hydrogens is 332 g/mol. The first-order chi connectivity index (χ1) is 12.5. The minimum atomic E-state index is -0.890. The van der Waals surface area contributed by atoms with E-state index in [1.54, 1.807) is 19.4 Å². The fraction of sp³-hybridized carbons (Fsp3) is 0.211. The Kier molecular flexibility index (Phi) is 5.17. The Morgan fingerprint density at radius 1 is 1.23 bits per heavy atom. The number of benzene rings is 1. The molecular formula is C19H20N4O3. The van der Waals surface area contributed by atoms with Crippen LogP contribution in [0.15, 0.2) is 59.8 Å².